The topological polar surface area (TPSA) is 76.7 Å². The molecule has 22 heavy (non-hydrogen) atoms. The molecule has 1 aliphatic rings. The average molecular weight is 317 g/mol. The highest BCUT2D eigenvalue weighted by Crippen LogP contribution is 2.35. The number of thiazole rings is 1. The molecule has 118 valence electrons. The van der Waals surface area contributed by atoms with Crippen molar-refractivity contribution in [3.8, 4) is 0 Å². The van der Waals surface area contributed by atoms with Crippen LogP contribution >= 0.6 is 11.3 Å². The van der Waals surface area contributed by atoms with Crippen LogP contribution in [0.15, 0.2) is 12.4 Å². The average Bonchev–Trinajstić information content (AvgIpc) is 2.84. The second-order valence-electron chi connectivity index (χ2n) is 6.33. The van der Waals surface area contributed by atoms with Crippen LogP contribution in [0.2, 0.25) is 0 Å². The molecule has 0 aromatic carbocycles. The van der Waals surface area contributed by atoms with E-state index in [1.54, 1.807) is 17.7 Å². The number of rotatable bonds is 5. The van der Waals surface area contributed by atoms with Gasteiger partial charge in [-0.15, -0.1) is 11.3 Å². The number of hydrogen-bond acceptors (Lipinski definition) is 6. The fourth-order valence-corrected chi connectivity index (χ4v) is 3.64. The quantitative estimate of drug-likeness (QED) is 0.885. The van der Waals surface area contributed by atoms with Gasteiger partial charge in [0.05, 0.1) is 17.2 Å². The van der Waals surface area contributed by atoms with Crippen molar-refractivity contribution >= 4 is 17.2 Å². The van der Waals surface area contributed by atoms with Crippen molar-refractivity contribution in [1.82, 2.24) is 15.0 Å². The number of hydrogen-bond donors (Lipinski definition) is 2. The van der Waals surface area contributed by atoms with E-state index in [4.69, 9.17) is 5.73 Å². The lowest BCUT2D eigenvalue weighted by Gasteiger charge is -2.31. The van der Waals surface area contributed by atoms with Crippen molar-refractivity contribution in [2.75, 3.05) is 5.32 Å². The van der Waals surface area contributed by atoms with Crippen LogP contribution in [0.5, 0.6) is 0 Å². The molecule has 0 bridgehead atoms. The summed E-state index contributed by atoms with van der Waals surface area (Å²) < 4.78 is 0. The number of aromatic nitrogens is 3. The number of nitrogens with two attached hydrogens (primary N) is 1. The van der Waals surface area contributed by atoms with Gasteiger partial charge in [0, 0.05) is 34.5 Å². The highest BCUT2D eigenvalue weighted by atomic mass is 32.1. The van der Waals surface area contributed by atoms with Crippen molar-refractivity contribution in [3.63, 3.8) is 0 Å². The maximum Gasteiger partial charge on any atom is 0.129 e. The van der Waals surface area contributed by atoms with Gasteiger partial charge in [-0.3, -0.25) is 0 Å². The Labute approximate surface area is 135 Å². The minimum atomic E-state index is 0.339. The van der Waals surface area contributed by atoms with Crippen LogP contribution in [0.3, 0.4) is 0 Å². The maximum absolute atomic E-state index is 5.86. The molecule has 6 heteroatoms. The van der Waals surface area contributed by atoms with E-state index in [0.717, 1.165) is 36.6 Å². The molecule has 0 spiro atoms. The van der Waals surface area contributed by atoms with Crippen LogP contribution in [0.1, 0.15) is 59.8 Å². The van der Waals surface area contributed by atoms with E-state index in [-0.39, 0.29) is 0 Å². The van der Waals surface area contributed by atoms with Crippen LogP contribution in [0.25, 0.3) is 0 Å². The number of aryl methyl sites for hydroxylation is 1. The van der Waals surface area contributed by atoms with Crippen LogP contribution in [0.4, 0.5) is 5.82 Å². The lowest BCUT2D eigenvalue weighted by atomic mass is 9.79. The summed E-state index contributed by atoms with van der Waals surface area (Å²) in [5.74, 6) is 1.85. The van der Waals surface area contributed by atoms with Crippen molar-refractivity contribution in [3.05, 3.63) is 33.7 Å². The zero-order valence-corrected chi connectivity index (χ0v) is 14.2. The summed E-state index contributed by atoms with van der Waals surface area (Å²) in [5.41, 5.74) is 8.07. The lowest BCUT2D eigenvalue weighted by Crippen LogP contribution is -2.35. The molecule has 1 fully saturated rings. The summed E-state index contributed by atoms with van der Waals surface area (Å²) in [6.45, 7) is 7.18. The molecule has 2 heterocycles. The van der Waals surface area contributed by atoms with Gasteiger partial charge in [0.15, 0.2) is 0 Å². The van der Waals surface area contributed by atoms with Gasteiger partial charge in [-0.1, -0.05) is 13.8 Å². The summed E-state index contributed by atoms with van der Waals surface area (Å²) in [5, 5.41) is 4.59. The molecule has 3 rings (SSSR count). The third-order valence-corrected chi connectivity index (χ3v) is 5.57. The molecule has 1 aliphatic carbocycles. The van der Waals surface area contributed by atoms with Crippen LogP contribution in [0, 0.1) is 6.92 Å². The van der Waals surface area contributed by atoms with Gasteiger partial charge in [-0.2, -0.15) is 0 Å². The number of nitrogens with zero attached hydrogens (tertiary/aromatic N) is 3. The Balaban J connectivity index is 1.65. The number of anilines is 1. The fraction of sp³-hybridized carbons (Fsp3) is 0.562. The van der Waals surface area contributed by atoms with Gasteiger partial charge < -0.3 is 11.1 Å². The molecule has 0 atom stereocenters. The summed E-state index contributed by atoms with van der Waals surface area (Å²) >= 11 is 1.78. The van der Waals surface area contributed by atoms with Crippen LogP contribution < -0.4 is 11.1 Å². The van der Waals surface area contributed by atoms with Gasteiger partial charge in [-0.05, 0) is 19.8 Å². The van der Waals surface area contributed by atoms with Crippen molar-refractivity contribution in [2.45, 2.75) is 58.0 Å². The zero-order chi connectivity index (χ0) is 15.7. The highest BCUT2D eigenvalue weighted by molar-refractivity contribution is 7.11. The second kappa shape index (κ2) is 6.30. The van der Waals surface area contributed by atoms with Crippen molar-refractivity contribution in [2.24, 2.45) is 5.73 Å². The SMILES string of the molecule is Cc1nc(C(C)C)sc1CNc1cc(C2CC(N)C2)ncn1. The molecule has 3 N–H and O–H groups in total. The molecule has 0 aliphatic heterocycles. The first-order valence-electron chi connectivity index (χ1n) is 7.80. The highest BCUT2D eigenvalue weighted by Gasteiger charge is 2.28. The van der Waals surface area contributed by atoms with E-state index in [0.29, 0.717) is 17.9 Å². The Morgan fingerprint density at radius 2 is 2.14 bits per heavy atom. The van der Waals surface area contributed by atoms with E-state index in [2.05, 4.69) is 47.1 Å². The van der Waals surface area contributed by atoms with Gasteiger partial charge >= 0.3 is 0 Å². The van der Waals surface area contributed by atoms with Gasteiger partial charge in [0.2, 0.25) is 0 Å². The molecule has 0 amide bonds. The molecular formula is C16H23N5S. The van der Waals surface area contributed by atoms with E-state index < -0.39 is 0 Å². The first kappa shape index (κ1) is 15.4. The Kier molecular flexibility index (Phi) is 4.40. The summed E-state index contributed by atoms with van der Waals surface area (Å²) in [4.78, 5) is 14.6. The van der Waals surface area contributed by atoms with Crippen molar-refractivity contribution in [1.29, 1.82) is 0 Å². The third kappa shape index (κ3) is 3.28. The predicted molar refractivity (Wildman–Crippen MR) is 90.2 cm³/mol. The Morgan fingerprint density at radius 3 is 2.77 bits per heavy atom. The molecule has 0 radical (unpaired) electrons. The zero-order valence-electron chi connectivity index (χ0n) is 13.3. The second-order valence-corrected chi connectivity index (χ2v) is 7.44. The maximum atomic E-state index is 5.86. The normalized spacial score (nSPS) is 21.0. The molecule has 2 aromatic rings. The van der Waals surface area contributed by atoms with E-state index >= 15 is 0 Å². The van der Waals surface area contributed by atoms with E-state index in [1.807, 2.05) is 0 Å². The minimum absolute atomic E-state index is 0.339. The van der Waals surface area contributed by atoms with Gasteiger partial charge in [0.25, 0.3) is 0 Å². The largest absolute Gasteiger partial charge is 0.365 e. The van der Waals surface area contributed by atoms with Crippen molar-refractivity contribution < 1.29 is 0 Å². The molecule has 2 aromatic heterocycles. The smallest absolute Gasteiger partial charge is 0.129 e. The van der Waals surface area contributed by atoms with E-state index in [9.17, 15) is 0 Å². The standard InChI is InChI=1S/C16H23N5S/c1-9(2)16-21-10(3)14(22-16)7-18-15-6-13(19-8-20-15)11-4-12(17)5-11/h6,8-9,11-12H,4-5,7,17H2,1-3H3,(H,18,19,20). The molecule has 0 saturated heterocycles. The summed E-state index contributed by atoms with van der Waals surface area (Å²) in [7, 11) is 0. The molecule has 0 unspecified atom stereocenters. The van der Waals surface area contributed by atoms with Crippen LogP contribution in [-0.2, 0) is 6.54 Å². The molecule has 5 nitrogen and oxygen atoms in total. The fourth-order valence-electron chi connectivity index (χ4n) is 2.63. The Bertz CT molecular complexity index is 646. The van der Waals surface area contributed by atoms with Crippen LogP contribution in [-0.4, -0.2) is 21.0 Å². The predicted octanol–water partition coefficient (Wildman–Crippen LogP) is 3.18. The van der Waals surface area contributed by atoms with Gasteiger partial charge in [0.1, 0.15) is 12.1 Å². The molecular weight excluding hydrogens is 294 g/mol. The Morgan fingerprint density at radius 1 is 1.36 bits per heavy atom. The summed E-state index contributed by atoms with van der Waals surface area (Å²) in [6.07, 6.45) is 3.70. The Hall–Kier alpha value is -1.53. The first-order valence-corrected chi connectivity index (χ1v) is 8.62. The van der Waals surface area contributed by atoms with Gasteiger partial charge in [-0.25, -0.2) is 15.0 Å². The molecule has 1 saturated carbocycles. The minimum Gasteiger partial charge on any atom is -0.365 e. The first-order chi connectivity index (χ1) is 10.5. The number of nitrogens with one attached hydrogen (secondary N) is 1. The van der Waals surface area contributed by atoms with E-state index in [1.165, 1.54) is 9.88 Å². The summed E-state index contributed by atoms with van der Waals surface area (Å²) in [6, 6.07) is 2.39. The monoisotopic (exact) mass is 317 g/mol. The third-order valence-electron chi connectivity index (χ3n) is 4.11. The lowest BCUT2D eigenvalue weighted by molar-refractivity contribution is 0.345.